The van der Waals surface area contributed by atoms with Crippen molar-refractivity contribution in [2.45, 2.75) is 10.9 Å². The Kier molecular flexibility index (Phi) is 5.85. The highest BCUT2D eigenvalue weighted by molar-refractivity contribution is 7.98. The molecule has 0 radical (unpaired) electrons. The first-order valence-electron chi connectivity index (χ1n) is 9.14. The summed E-state index contributed by atoms with van der Waals surface area (Å²) < 4.78 is 17.3. The Morgan fingerprint density at radius 3 is 2.53 bits per heavy atom. The molecular formula is C22H19N3O4S. The first-order chi connectivity index (χ1) is 14.7. The molecule has 2 aromatic heterocycles. The zero-order chi connectivity index (χ0) is 20.9. The highest BCUT2D eigenvalue weighted by Gasteiger charge is 2.21. The van der Waals surface area contributed by atoms with Crippen molar-refractivity contribution in [1.82, 2.24) is 14.8 Å². The van der Waals surface area contributed by atoms with Crippen molar-refractivity contribution in [3.63, 3.8) is 0 Å². The van der Waals surface area contributed by atoms with Gasteiger partial charge in [0.15, 0.2) is 22.4 Å². The van der Waals surface area contributed by atoms with Crippen LogP contribution in [0.25, 0.3) is 11.6 Å². The number of furan rings is 1. The van der Waals surface area contributed by atoms with Crippen molar-refractivity contribution in [2.75, 3.05) is 14.2 Å². The lowest BCUT2D eigenvalue weighted by Gasteiger charge is -2.09. The minimum atomic E-state index is -0.322. The number of ether oxygens (including phenoxy) is 2. The van der Waals surface area contributed by atoms with E-state index in [1.807, 2.05) is 30.3 Å². The van der Waals surface area contributed by atoms with Crippen LogP contribution in [0.1, 0.15) is 15.9 Å². The molecule has 7 nitrogen and oxygen atoms in total. The Balaban J connectivity index is 1.69. The lowest BCUT2D eigenvalue weighted by Crippen LogP contribution is -2.15. The fourth-order valence-corrected chi connectivity index (χ4v) is 3.73. The summed E-state index contributed by atoms with van der Waals surface area (Å²) in [5, 5.41) is 4.89. The largest absolute Gasteiger partial charge is 0.493 e. The van der Waals surface area contributed by atoms with Crippen LogP contribution >= 0.6 is 11.8 Å². The van der Waals surface area contributed by atoms with E-state index in [4.69, 9.17) is 13.9 Å². The Labute approximate surface area is 177 Å². The van der Waals surface area contributed by atoms with Crippen LogP contribution in [0, 0.1) is 0 Å². The molecule has 2 aromatic carbocycles. The van der Waals surface area contributed by atoms with E-state index in [1.54, 1.807) is 43.7 Å². The van der Waals surface area contributed by atoms with Crippen molar-refractivity contribution < 1.29 is 18.7 Å². The highest BCUT2D eigenvalue weighted by atomic mass is 32.2. The fourth-order valence-electron chi connectivity index (χ4n) is 2.85. The van der Waals surface area contributed by atoms with E-state index in [9.17, 15) is 4.79 Å². The Hall–Kier alpha value is -3.52. The standard InChI is InChI=1S/C22H19N3O4S/c1-27-17-11-10-16(13-19(17)28-2)21(26)25-22(30-14-15-7-4-3-5-8-15)23-20(24-25)18-9-6-12-29-18/h3-13H,14H2,1-2H3. The molecule has 4 aromatic rings. The van der Waals surface area contributed by atoms with Gasteiger partial charge in [-0.25, -0.2) is 0 Å². The predicted molar refractivity (Wildman–Crippen MR) is 113 cm³/mol. The molecule has 0 aliphatic carbocycles. The lowest BCUT2D eigenvalue weighted by atomic mass is 10.2. The van der Waals surface area contributed by atoms with Crippen LogP contribution in [0.2, 0.25) is 0 Å². The quantitative estimate of drug-likeness (QED) is 0.405. The van der Waals surface area contributed by atoms with E-state index in [2.05, 4.69) is 10.1 Å². The summed E-state index contributed by atoms with van der Waals surface area (Å²) in [6.07, 6.45) is 1.54. The Bertz CT molecular complexity index is 1140. The molecule has 0 unspecified atom stereocenters. The first kappa shape index (κ1) is 19.8. The van der Waals surface area contributed by atoms with Crippen molar-refractivity contribution in [3.8, 4) is 23.1 Å². The maximum absolute atomic E-state index is 13.2. The number of thioether (sulfide) groups is 1. The number of nitrogens with zero attached hydrogens (tertiary/aromatic N) is 3. The van der Waals surface area contributed by atoms with E-state index in [0.29, 0.717) is 39.6 Å². The Morgan fingerprint density at radius 2 is 1.83 bits per heavy atom. The van der Waals surface area contributed by atoms with Gasteiger partial charge in [-0.1, -0.05) is 42.1 Å². The van der Waals surface area contributed by atoms with E-state index in [-0.39, 0.29) is 5.91 Å². The summed E-state index contributed by atoms with van der Waals surface area (Å²) in [6.45, 7) is 0. The van der Waals surface area contributed by atoms with Crippen LogP contribution in [-0.4, -0.2) is 34.9 Å². The van der Waals surface area contributed by atoms with Crippen LogP contribution in [0.4, 0.5) is 0 Å². The second-order valence-electron chi connectivity index (χ2n) is 6.26. The number of rotatable bonds is 7. The number of aromatic nitrogens is 3. The number of methoxy groups -OCH3 is 2. The molecule has 0 spiro atoms. The van der Waals surface area contributed by atoms with Gasteiger partial charge in [0.1, 0.15) is 0 Å². The molecule has 0 amide bonds. The van der Waals surface area contributed by atoms with Gasteiger partial charge in [0.25, 0.3) is 5.91 Å². The highest BCUT2D eigenvalue weighted by Crippen LogP contribution is 2.30. The number of carbonyl (C=O) groups is 1. The van der Waals surface area contributed by atoms with Crippen LogP contribution in [0.5, 0.6) is 11.5 Å². The van der Waals surface area contributed by atoms with Gasteiger partial charge < -0.3 is 13.9 Å². The third-order valence-electron chi connectivity index (χ3n) is 4.35. The molecule has 0 aliphatic rings. The zero-order valence-corrected chi connectivity index (χ0v) is 17.3. The molecule has 0 fully saturated rings. The van der Waals surface area contributed by atoms with Gasteiger partial charge in [-0.15, -0.1) is 5.10 Å². The Morgan fingerprint density at radius 1 is 1.03 bits per heavy atom. The summed E-state index contributed by atoms with van der Waals surface area (Å²) in [6, 6.07) is 18.5. The zero-order valence-electron chi connectivity index (χ0n) is 16.4. The van der Waals surface area contributed by atoms with Crippen molar-refractivity contribution in [2.24, 2.45) is 0 Å². The average Bonchev–Trinajstić information content (AvgIpc) is 3.47. The van der Waals surface area contributed by atoms with Crippen molar-refractivity contribution >= 4 is 17.7 Å². The normalized spacial score (nSPS) is 10.7. The number of hydrogen-bond acceptors (Lipinski definition) is 7. The molecule has 30 heavy (non-hydrogen) atoms. The summed E-state index contributed by atoms with van der Waals surface area (Å²) in [5.41, 5.74) is 1.53. The second-order valence-corrected chi connectivity index (χ2v) is 7.20. The smallest absolute Gasteiger partial charge is 0.280 e. The third kappa shape index (κ3) is 4.08. The molecule has 0 bridgehead atoms. The van der Waals surface area contributed by atoms with Crippen molar-refractivity contribution in [3.05, 3.63) is 78.1 Å². The van der Waals surface area contributed by atoms with E-state index < -0.39 is 0 Å². The minimum absolute atomic E-state index is 0.322. The van der Waals surface area contributed by atoms with Crippen LogP contribution in [0.3, 0.4) is 0 Å². The van der Waals surface area contributed by atoms with Crippen LogP contribution in [-0.2, 0) is 5.75 Å². The molecule has 0 N–H and O–H groups in total. The molecular weight excluding hydrogens is 402 g/mol. The van der Waals surface area contributed by atoms with Gasteiger partial charge in [0, 0.05) is 11.3 Å². The lowest BCUT2D eigenvalue weighted by molar-refractivity contribution is 0.0933. The maximum Gasteiger partial charge on any atom is 0.280 e. The van der Waals surface area contributed by atoms with Gasteiger partial charge >= 0.3 is 0 Å². The molecule has 8 heteroatoms. The SMILES string of the molecule is COc1ccc(C(=O)n2nc(-c3ccco3)nc2SCc2ccccc2)cc1OC. The first-order valence-corrected chi connectivity index (χ1v) is 10.1. The number of carbonyl (C=O) groups excluding carboxylic acids is 1. The van der Waals surface area contributed by atoms with Gasteiger partial charge in [-0.3, -0.25) is 4.79 Å². The van der Waals surface area contributed by atoms with E-state index in [1.165, 1.54) is 23.6 Å². The van der Waals surface area contributed by atoms with Crippen LogP contribution < -0.4 is 9.47 Å². The van der Waals surface area contributed by atoms with Crippen molar-refractivity contribution in [1.29, 1.82) is 0 Å². The molecule has 4 rings (SSSR count). The average molecular weight is 421 g/mol. The number of hydrogen-bond donors (Lipinski definition) is 0. The van der Waals surface area contributed by atoms with E-state index >= 15 is 0 Å². The summed E-state index contributed by atoms with van der Waals surface area (Å²) >= 11 is 1.43. The predicted octanol–water partition coefficient (Wildman–Crippen LogP) is 4.54. The number of benzene rings is 2. The molecule has 0 saturated carbocycles. The second kappa shape index (κ2) is 8.87. The monoisotopic (exact) mass is 421 g/mol. The molecule has 2 heterocycles. The minimum Gasteiger partial charge on any atom is -0.493 e. The van der Waals surface area contributed by atoms with Crippen LogP contribution in [0.15, 0.2) is 76.5 Å². The van der Waals surface area contributed by atoms with Gasteiger partial charge in [0.2, 0.25) is 5.82 Å². The summed E-state index contributed by atoms with van der Waals surface area (Å²) in [5.74, 6) is 2.18. The van der Waals surface area contributed by atoms with Gasteiger partial charge in [0.05, 0.1) is 20.5 Å². The summed E-state index contributed by atoms with van der Waals surface area (Å²) in [7, 11) is 3.07. The topological polar surface area (TPSA) is 79.4 Å². The summed E-state index contributed by atoms with van der Waals surface area (Å²) in [4.78, 5) is 17.8. The molecule has 0 atom stereocenters. The maximum atomic E-state index is 13.2. The van der Waals surface area contributed by atoms with Gasteiger partial charge in [-0.05, 0) is 35.9 Å². The third-order valence-corrected chi connectivity index (χ3v) is 5.35. The fraction of sp³-hybridized carbons (Fsp3) is 0.136. The van der Waals surface area contributed by atoms with E-state index in [0.717, 1.165) is 5.56 Å². The molecule has 152 valence electrons. The molecule has 0 aliphatic heterocycles. The van der Waals surface area contributed by atoms with Gasteiger partial charge in [-0.2, -0.15) is 9.67 Å². The molecule has 0 saturated heterocycles.